The molecule has 0 aliphatic carbocycles. The van der Waals surface area contributed by atoms with Crippen LogP contribution in [0.1, 0.15) is 6.42 Å². The van der Waals surface area contributed by atoms with Gasteiger partial charge in [0.25, 0.3) is 5.56 Å². The lowest BCUT2D eigenvalue weighted by atomic mass is 10.2. The second kappa shape index (κ2) is 7.01. The van der Waals surface area contributed by atoms with E-state index in [4.69, 9.17) is 4.74 Å². The molecule has 0 N–H and O–H groups in total. The molecule has 0 radical (unpaired) electrons. The predicted octanol–water partition coefficient (Wildman–Crippen LogP) is 4.71. The number of benzene rings is 1. The summed E-state index contributed by atoms with van der Waals surface area (Å²) in [5, 5.41) is 0.789. The first kappa shape index (κ1) is 16.9. The zero-order chi connectivity index (χ0) is 18.1. The minimum Gasteiger partial charge on any atom is -0.492 e. The Morgan fingerprint density at radius 1 is 1.23 bits per heavy atom. The van der Waals surface area contributed by atoms with E-state index in [0.29, 0.717) is 22.6 Å². The van der Waals surface area contributed by atoms with Crippen LogP contribution in [-0.4, -0.2) is 21.1 Å². The summed E-state index contributed by atoms with van der Waals surface area (Å²) in [7, 11) is 0. The second-order valence-corrected chi connectivity index (χ2v) is 7.51. The Labute approximate surface area is 161 Å². The Morgan fingerprint density at radius 2 is 2.04 bits per heavy atom. The van der Waals surface area contributed by atoms with E-state index in [0.717, 1.165) is 26.8 Å². The average Bonchev–Trinajstić information content (AvgIpc) is 3.04. The molecule has 0 unspecified atom stereocenters. The van der Waals surface area contributed by atoms with Crippen molar-refractivity contribution in [3.05, 3.63) is 70.3 Å². The molecule has 0 amide bonds. The second-order valence-electron chi connectivity index (χ2n) is 5.59. The van der Waals surface area contributed by atoms with Gasteiger partial charge in [0.1, 0.15) is 27.1 Å². The van der Waals surface area contributed by atoms with E-state index >= 15 is 0 Å². The van der Waals surface area contributed by atoms with Gasteiger partial charge in [-0.05, 0) is 36.8 Å². The standard InChI is InChI=1S/C19H14BrN3O2S/c1-2-3-10-25-14-8-9-21-18-15(14)16-17(26-18)19(24)23(11-22-16)13-6-4-12(20)5-7-13/h2,4-9,11H,1,3,10H2. The predicted molar refractivity (Wildman–Crippen MR) is 109 cm³/mol. The van der Waals surface area contributed by atoms with Gasteiger partial charge in [-0.25, -0.2) is 9.97 Å². The molecule has 0 atom stereocenters. The maximum atomic E-state index is 13.0. The molecule has 26 heavy (non-hydrogen) atoms. The zero-order valence-electron chi connectivity index (χ0n) is 13.7. The summed E-state index contributed by atoms with van der Waals surface area (Å²) in [6, 6.07) is 9.33. The first-order chi connectivity index (χ1) is 12.7. The van der Waals surface area contributed by atoms with Crippen LogP contribution in [-0.2, 0) is 0 Å². The number of fused-ring (bicyclic) bond motifs is 3. The number of halogens is 1. The molecule has 130 valence electrons. The SMILES string of the molecule is C=CCCOc1ccnc2sc3c(=O)n(-c4ccc(Br)cc4)cnc3c12. The molecule has 5 nitrogen and oxygen atoms in total. The van der Waals surface area contributed by atoms with E-state index in [2.05, 4.69) is 32.5 Å². The Kier molecular flexibility index (Phi) is 4.57. The third-order valence-electron chi connectivity index (χ3n) is 3.93. The van der Waals surface area contributed by atoms with Crippen molar-refractivity contribution in [1.29, 1.82) is 0 Å². The minimum absolute atomic E-state index is 0.114. The number of hydrogen-bond donors (Lipinski definition) is 0. The molecule has 4 aromatic rings. The lowest BCUT2D eigenvalue weighted by Crippen LogP contribution is -2.17. The normalized spacial score (nSPS) is 11.1. The molecule has 0 spiro atoms. The number of aromatic nitrogens is 3. The molecule has 0 fully saturated rings. The summed E-state index contributed by atoms with van der Waals surface area (Å²) in [5.41, 5.74) is 1.28. The van der Waals surface area contributed by atoms with Crippen molar-refractivity contribution in [2.75, 3.05) is 6.61 Å². The summed E-state index contributed by atoms with van der Waals surface area (Å²) in [6.07, 6.45) is 5.80. The van der Waals surface area contributed by atoms with Crippen molar-refractivity contribution in [2.45, 2.75) is 6.42 Å². The van der Waals surface area contributed by atoms with Crippen LogP contribution in [0, 0.1) is 0 Å². The highest BCUT2D eigenvalue weighted by Crippen LogP contribution is 2.35. The van der Waals surface area contributed by atoms with E-state index in [-0.39, 0.29) is 5.56 Å². The van der Waals surface area contributed by atoms with Crippen LogP contribution in [0.15, 0.2) is 64.8 Å². The number of pyridine rings is 1. The molecule has 0 aliphatic heterocycles. The monoisotopic (exact) mass is 427 g/mol. The molecule has 3 aromatic heterocycles. The Balaban J connectivity index is 1.89. The molecule has 0 aliphatic rings. The first-order valence-corrected chi connectivity index (χ1v) is 9.58. The molecular formula is C19H14BrN3O2S. The summed E-state index contributed by atoms with van der Waals surface area (Å²) >= 11 is 4.74. The maximum absolute atomic E-state index is 13.0. The first-order valence-electron chi connectivity index (χ1n) is 7.97. The van der Waals surface area contributed by atoms with E-state index in [1.165, 1.54) is 11.3 Å². The van der Waals surface area contributed by atoms with Crippen molar-refractivity contribution < 1.29 is 4.74 Å². The lowest BCUT2D eigenvalue weighted by molar-refractivity contribution is 0.329. The van der Waals surface area contributed by atoms with Gasteiger partial charge in [0.15, 0.2) is 0 Å². The fourth-order valence-electron chi connectivity index (χ4n) is 2.68. The number of nitrogens with zero attached hydrogens (tertiary/aromatic N) is 3. The van der Waals surface area contributed by atoms with Gasteiger partial charge in [-0.1, -0.05) is 22.0 Å². The smallest absolute Gasteiger partial charge is 0.275 e. The van der Waals surface area contributed by atoms with Crippen LogP contribution in [0.5, 0.6) is 5.75 Å². The van der Waals surface area contributed by atoms with Crippen LogP contribution >= 0.6 is 27.3 Å². The minimum atomic E-state index is -0.114. The highest BCUT2D eigenvalue weighted by molar-refractivity contribution is 9.10. The van der Waals surface area contributed by atoms with Crippen LogP contribution < -0.4 is 10.3 Å². The molecule has 0 saturated carbocycles. The van der Waals surface area contributed by atoms with E-state index in [9.17, 15) is 4.79 Å². The number of rotatable bonds is 5. The summed E-state index contributed by atoms with van der Waals surface area (Å²) < 4.78 is 8.90. The topological polar surface area (TPSA) is 57.0 Å². The van der Waals surface area contributed by atoms with E-state index in [1.54, 1.807) is 29.2 Å². The van der Waals surface area contributed by atoms with Gasteiger partial charge in [0.05, 0.1) is 17.7 Å². The molecule has 4 rings (SSSR count). The molecular weight excluding hydrogens is 414 g/mol. The van der Waals surface area contributed by atoms with Gasteiger partial charge in [-0.3, -0.25) is 9.36 Å². The molecule has 1 aromatic carbocycles. The van der Waals surface area contributed by atoms with Crippen LogP contribution in [0.4, 0.5) is 0 Å². The van der Waals surface area contributed by atoms with Gasteiger partial charge in [0, 0.05) is 10.7 Å². The number of ether oxygens (including phenoxy) is 1. The van der Waals surface area contributed by atoms with Crippen molar-refractivity contribution >= 4 is 47.7 Å². The van der Waals surface area contributed by atoms with Crippen molar-refractivity contribution in [1.82, 2.24) is 14.5 Å². The van der Waals surface area contributed by atoms with Gasteiger partial charge >= 0.3 is 0 Å². The van der Waals surface area contributed by atoms with Crippen LogP contribution in [0.3, 0.4) is 0 Å². The van der Waals surface area contributed by atoms with E-state index in [1.807, 2.05) is 24.3 Å². The van der Waals surface area contributed by atoms with Crippen molar-refractivity contribution in [3.63, 3.8) is 0 Å². The van der Waals surface area contributed by atoms with Gasteiger partial charge in [0.2, 0.25) is 0 Å². The summed E-state index contributed by atoms with van der Waals surface area (Å²) in [6.45, 7) is 4.22. The molecule has 3 heterocycles. The molecule has 0 bridgehead atoms. The maximum Gasteiger partial charge on any atom is 0.275 e. The number of thiophene rings is 1. The van der Waals surface area contributed by atoms with Crippen LogP contribution in [0.2, 0.25) is 0 Å². The third-order valence-corrected chi connectivity index (χ3v) is 5.53. The number of hydrogen-bond acceptors (Lipinski definition) is 5. The molecule has 0 saturated heterocycles. The fraction of sp³-hybridized carbons (Fsp3) is 0.105. The van der Waals surface area contributed by atoms with E-state index < -0.39 is 0 Å². The molecule has 7 heteroatoms. The third kappa shape index (κ3) is 2.93. The average molecular weight is 428 g/mol. The highest BCUT2D eigenvalue weighted by Gasteiger charge is 2.16. The highest BCUT2D eigenvalue weighted by atomic mass is 79.9. The summed E-state index contributed by atoms with van der Waals surface area (Å²) in [4.78, 5) is 22.7. The Hall–Kier alpha value is -2.51. The summed E-state index contributed by atoms with van der Waals surface area (Å²) in [5.74, 6) is 0.691. The zero-order valence-corrected chi connectivity index (χ0v) is 16.1. The Morgan fingerprint density at radius 3 is 2.81 bits per heavy atom. The Bertz CT molecular complexity index is 1170. The van der Waals surface area contributed by atoms with Crippen molar-refractivity contribution in [3.8, 4) is 11.4 Å². The largest absolute Gasteiger partial charge is 0.492 e. The van der Waals surface area contributed by atoms with Gasteiger partial charge in [-0.2, -0.15) is 0 Å². The lowest BCUT2D eigenvalue weighted by Gasteiger charge is -2.07. The van der Waals surface area contributed by atoms with Gasteiger partial charge < -0.3 is 4.74 Å². The van der Waals surface area contributed by atoms with Crippen LogP contribution in [0.25, 0.3) is 26.1 Å². The van der Waals surface area contributed by atoms with Gasteiger partial charge in [-0.15, -0.1) is 17.9 Å². The van der Waals surface area contributed by atoms with Crippen molar-refractivity contribution in [2.24, 2.45) is 0 Å². The fourth-order valence-corrected chi connectivity index (χ4v) is 3.99. The quantitative estimate of drug-likeness (QED) is 0.341.